The molecule has 1 nitrogen and oxygen atoms in total. The van der Waals surface area contributed by atoms with Gasteiger partial charge in [0.1, 0.15) is 11.6 Å². The number of benzene rings is 1. The first-order valence-electron chi connectivity index (χ1n) is 4.92. The summed E-state index contributed by atoms with van der Waals surface area (Å²) in [7, 11) is 0. The third-order valence-electron chi connectivity index (χ3n) is 2.14. The molecule has 4 heteroatoms. The van der Waals surface area contributed by atoms with Crippen LogP contribution in [0, 0.1) is 11.6 Å². The Morgan fingerprint density at radius 1 is 1.40 bits per heavy atom. The van der Waals surface area contributed by atoms with Crippen molar-refractivity contribution in [1.29, 1.82) is 0 Å². The molecule has 0 aliphatic heterocycles. The Morgan fingerprint density at radius 3 is 2.73 bits per heavy atom. The number of halogens is 3. The summed E-state index contributed by atoms with van der Waals surface area (Å²) in [5.41, 5.74) is 0.455. The standard InChI is InChI=1S/C11H14ClF2N/c1-2-9(12)7-15-6-8-3-4-10(13)5-11(8)14/h3-5,9,15H,2,6-7H2,1H3. The monoisotopic (exact) mass is 233 g/mol. The van der Waals surface area contributed by atoms with Crippen molar-refractivity contribution < 1.29 is 8.78 Å². The maximum atomic E-state index is 13.1. The van der Waals surface area contributed by atoms with Gasteiger partial charge in [-0.05, 0) is 12.5 Å². The zero-order chi connectivity index (χ0) is 11.3. The van der Waals surface area contributed by atoms with Crippen LogP contribution in [0.4, 0.5) is 8.78 Å². The fraction of sp³-hybridized carbons (Fsp3) is 0.455. The van der Waals surface area contributed by atoms with Gasteiger partial charge in [0.15, 0.2) is 0 Å². The van der Waals surface area contributed by atoms with Crippen LogP contribution in [0.3, 0.4) is 0 Å². The van der Waals surface area contributed by atoms with E-state index in [1.54, 1.807) is 0 Å². The molecule has 1 unspecified atom stereocenters. The molecule has 0 aromatic heterocycles. The van der Waals surface area contributed by atoms with Gasteiger partial charge in [-0.15, -0.1) is 11.6 Å². The molecule has 1 atom stereocenters. The summed E-state index contributed by atoms with van der Waals surface area (Å²) < 4.78 is 25.7. The lowest BCUT2D eigenvalue weighted by molar-refractivity contribution is 0.557. The van der Waals surface area contributed by atoms with Crippen LogP contribution in [0.25, 0.3) is 0 Å². The van der Waals surface area contributed by atoms with Gasteiger partial charge in [-0.3, -0.25) is 0 Å². The van der Waals surface area contributed by atoms with Crippen LogP contribution in [-0.2, 0) is 6.54 Å². The highest BCUT2D eigenvalue weighted by molar-refractivity contribution is 6.20. The van der Waals surface area contributed by atoms with Gasteiger partial charge in [0, 0.05) is 30.1 Å². The first-order valence-corrected chi connectivity index (χ1v) is 5.35. The van der Waals surface area contributed by atoms with Gasteiger partial charge in [-0.1, -0.05) is 13.0 Å². The van der Waals surface area contributed by atoms with E-state index in [-0.39, 0.29) is 5.38 Å². The molecule has 0 fully saturated rings. The van der Waals surface area contributed by atoms with Crippen molar-refractivity contribution in [2.75, 3.05) is 6.54 Å². The van der Waals surface area contributed by atoms with Crippen LogP contribution < -0.4 is 5.32 Å². The van der Waals surface area contributed by atoms with Gasteiger partial charge in [-0.25, -0.2) is 8.78 Å². The van der Waals surface area contributed by atoms with Crippen molar-refractivity contribution in [2.24, 2.45) is 0 Å². The van der Waals surface area contributed by atoms with E-state index < -0.39 is 11.6 Å². The summed E-state index contributed by atoms with van der Waals surface area (Å²) in [6.45, 7) is 2.97. The quantitative estimate of drug-likeness (QED) is 0.771. The number of hydrogen-bond acceptors (Lipinski definition) is 1. The number of rotatable bonds is 5. The molecule has 84 valence electrons. The van der Waals surface area contributed by atoms with Gasteiger partial charge in [0.2, 0.25) is 0 Å². The largest absolute Gasteiger partial charge is 0.311 e. The fourth-order valence-electron chi connectivity index (χ4n) is 1.17. The van der Waals surface area contributed by atoms with Crippen molar-refractivity contribution in [3.63, 3.8) is 0 Å². The van der Waals surface area contributed by atoms with Crippen LogP contribution in [0.1, 0.15) is 18.9 Å². The minimum atomic E-state index is -0.556. The van der Waals surface area contributed by atoms with Crippen LogP contribution in [0.2, 0.25) is 0 Å². The van der Waals surface area contributed by atoms with Crippen molar-refractivity contribution in [3.05, 3.63) is 35.4 Å². The number of nitrogens with one attached hydrogen (secondary N) is 1. The summed E-state index contributed by atoms with van der Waals surface area (Å²) in [5.74, 6) is -1.08. The smallest absolute Gasteiger partial charge is 0.130 e. The van der Waals surface area contributed by atoms with E-state index >= 15 is 0 Å². The molecular formula is C11H14ClF2N. The van der Waals surface area contributed by atoms with Crippen LogP contribution >= 0.6 is 11.6 Å². The molecule has 0 bridgehead atoms. The Morgan fingerprint density at radius 2 is 2.13 bits per heavy atom. The summed E-state index contributed by atoms with van der Waals surface area (Å²) >= 11 is 5.88. The van der Waals surface area contributed by atoms with E-state index in [4.69, 9.17) is 11.6 Å². The highest BCUT2D eigenvalue weighted by Gasteiger charge is 2.04. The molecule has 1 rings (SSSR count). The highest BCUT2D eigenvalue weighted by atomic mass is 35.5. The second-order valence-corrected chi connectivity index (χ2v) is 3.99. The SMILES string of the molecule is CCC(Cl)CNCc1ccc(F)cc1F. The lowest BCUT2D eigenvalue weighted by atomic mass is 10.2. The van der Waals surface area contributed by atoms with Gasteiger partial charge in [0.05, 0.1) is 0 Å². The summed E-state index contributed by atoms with van der Waals surface area (Å²) in [6, 6.07) is 3.57. The molecule has 0 spiro atoms. The Hall–Kier alpha value is -0.670. The average molecular weight is 234 g/mol. The molecule has 0 saturated heterocycles. The summed E-state index contributed by atoms with van der Waals surface area (Å²) in [4.78, 5) is 0. The van der Waals surface area contributed by atoms with Crippen molar-refractivity contribution in [3.8, 4) is 0 Å². The number of hydrogen-bond donors (Lipinski definition) is 1. The maximum absolute atomic E-state index is 13.1. The van der Waals surface area contributed by atoms with Crippen molar-refractivity contribution in [2.45, 2.75) is 25.3 Å². The van der Waals surface area contributed by atoms with Crippen LogP contribution in [-0.4, -0.2) is 11.9 Å². The lowest BCUT2D eigenvalue weighted by Gasteiger charge is -2.08. The minimum Gasteiger partial charge on any atom is -0.311 e. The molecule has 0 aliphatic carbocycles. The van der Waals surface area contributed by atoms with E-state index in [0.29, 0.717) is 18.7 Å². The molecule has 0 amide bonds. The maximum Gasteiger partial charge on any atom is 0.130 e. The highest BCUT2D eigenvalue weighted by Crippen LogP contribution is 2.09. The van der Waals surface area contributed by atoms with Crippen molar-refractivity contribution >= 4 is 11.6 Å². The predicted molar refractivity (Wildman–Crippen MR) is 58.0 cm³/mol. The van der Waals surface area contributed by atoms with E-state index in [1.165, 1.54) is 12.1 Å². The van der Waals surface area contributed by atoms with E-state index in [2.05, 4.69) is 5.32 Å². The van der Waals surface area contributed by atoms with Crippen LogP contribution in [0.15, 0.2) is 18.2 Å². The molecule has 15 heavy (non-hydrogen) atoms. The third-order valence-corrected chi connectivity index (χ3v) is 2.60. The molecule has 0 heterocycles. The van der Waals surface area contributed by atoms with Gasteiger partial charge in [0.25, 0.3) is 0 Å². The van der Waals surface area contributed by atoms with E-state index in [1.807, 2.05) is 6.92 Å². The topological polar surface area (TPSA) is 12.0 Å². The number of alkyl halides is 1. The first kappa shape index (κ1) is 12.4. The van der Waals surface area contributed by atoms with Gasteiger partial charge >= 0.3 is 0 Å². The lowest BCUT2D eigenvalue weighted by Crippen LogP contribution is -2.22. The molecule has 0 aliphatic rings. The average Bonchev–Trinajstić information content (AvgIpc) is 2.21. The second-order valence-electron chi connectivity index (χ2n) is 3.37. The molecule has 0 saturated carbocycles. The molecule has 1 aromatic rings. The Kier molecular flexibility index (Phi) is 4.99. The fourth-order valence-corrected chi connectivity index (χ4v) is 1.28. The summed E-state index contributed by atoms with van der Waals surface area (Å²) in [6.07, 6.45) is 0.862. The van der Waals surface area contributed by atoms with Crippen molar-refractivity contribution in [1.82, 2.24) is 5.32 Å². The van der Waals surface area contributed by atoms with Gasteiger partial charge in [-0.2, -0.15) is 0 Å². The van der Waals surface area contributed by atoms with E-state index in [9.17, 15) is 8.78 Å². The van der Waals surface area contributed by atoms with Gasteiger partial charge < -0.3 is 5.32 Å². The third kappa shape index (κ3) is 4.14. The Balaban J connectivity index is 2.44. The summed E-state index contributed by atoms with van der Waals surface area (Å²) in [5, 5.41) is 3.07. The molecule has 0 radical (unpaired) electrons. The first-order chi connectivity index (χ1) is 7.13. The van der Waals surface area contributed by atoms with Crippen LogP contribution in [0.5, 0.6) is 0 Å². The molecule has 1 N–H and O–H groups in total. The zero-order valence-electron chi connectivity index (χ0n) is 8.56. The molecular weight excluding hydrogens is 220 g/mol. The predicted octanol–water partition coefficient (Wildman–Crippen LogP) is 3.07. The Bertz CT molecular complexity index is 317. The zero-order valence-corrected chi connectivity index (χ0v) is 9.32. The second kappa shape index (κ2) is 6.03. The van der Waals surface area contributed by atoms with E-state index in [0.717, 1.165) is 12.5 Å². The normalized spacial score (nSPS) is 12.8. The molecule has 1 aromatic carbocycles. The Labute approximate surface area is 93.4 Å². The minimum absolute atomic E-state index is 0.0495.